The van der Waals surface area contributed by atoms with Crippen LogP contribution < -0.4 is 0 Å². The third-order valence-corrected chi connectivity index (χ3v) is 5.11. The molecular weight excluding hydrogens is 286 g/mol. The Bertz CT molecular complexity index is 641. The molecule has 0 unspecified atom stereocenters. The average molecular weight is 313 g/mol. The fourth-order valence-corrected chi connectivity index (χ4v) is 3.61. The quantitative estimate of drug-likeness (QED) is 0.855. The number of imidazole rings is 1. The number of fused-ring (bicyclic) bond motifs is 1. The van der Waals surface area contributed by atoms with Crippen molar-refractivity contribution in [1.82, 2.24) is 14.5 Å². The maximum absolute atomic E-state index is 12.6. The normalized spacial score (nSPS) is 16.9. The number of benzene rings is 1. The monoisotopic (exact) mass is 313 g/mol. The van der Waals surface area contributed by atoms with E-state index in [4.69, 9.17) is 0 Å². The molecule has 1 aliphatic rings. The second-order valence-electron chi connectivity index (χ2n) is 6.68. The Morgan fingerprint density at radius 3 is 2.65 bits per heavy atom. The molecule has 0 radical (unpaired) electrons. The van der Waals surface area contributed by atoms with Crippen LogP contribution in [0.1, 0.15) is 51.4 Å². The summed E-state index contributed by atoms with van der Waals surface area (Å²) < 4.78 is 2.08. The van der Waals surface area contributed by atoms with Gasteiger partial charge in [-0.25, -0.2) is 4.98 Å². The number of amides is 1. The van der Waals surface area contributed by atoms with Gasteiger partial charge in [0.15, 0.2) is 0 Å². The van der Waals surface area contributed by atoms with Crippen LogP contribution in [0, 0.1) is 0 Å². The van der Waals surface area contributed by atoms with Crippen LogP contribution >= 0.6 is 0 Å². The van der Waals surface area contributed by atoms with Crippen LogP contribution in [-0.4, -0.2) is 33.4 Å². The van der Waals surface area contributed by atoms with E-state index in [0.717, 1.165) is 23.9 Å². The molecule has 1 fully saturated rings. The van der Waals surface area contributed by atoms with E-state index in [1.54, 1.807) is 0 Å². The van der Waals surface area contributed by atoms with Crippen LogP contribution in [-0.2, 0) is 11.3 Å². The number of para-hydroxylation sites is 2. The molecule has 0 spiro atoms. The van der Waals surface area contributed by atoms with Crippen molar-refractivity contribution in [1.29, 1.82) is 0 Å². The van der Waals surface area contributed by atoms with Crippen LogP contribution in [0.5, 0.6) is 0 Å². The molecule has 0 N–H and O–H groups in total. The summed E-state index contributed by atoms with van der Waals surface area (Å²) in [6.07, 6.45) is 11.2. The Hall–Kier alpha value is -1.84. The average Bonchev–Trinajstić information content (AvgIpc) is 2.95. The predicted octanol–water partition coefficient (Wildman–Crippen LogP) is 4.00. The van der Waals surface area contributed by atoms with E-state index in [1.807, 2.05) is 36.5 Å². The van der Waals surface area contributed by atoms with E-state index in [-0.39, 0.29) is 5.91 Å². The second-order valence-corrected chi connectivity index (χ2v) is 6.68. The highest BCUT2D eigenvalue weighted by Crippen LogP contribution is 2.21. The first-order valence-corrected chi connectivity index (χ1v) is 8.91. The largest absolute Gasteiger partial charge is 0.343 e. The van der Waals surface area contributed by atoms with E-state index in [0.29, 0.717) is 19.0 Å². The number of hydrogen-bond donors (Lipinski definition) is 0. The van der Waals surface area contributed by atoms with Crippen LogP contribution in [0.4, 0.5) is 0 Å². The highest BCUT2D eigenvalue weighted by Gasteiger charge is 2.20. The summed E-state index contributed by atoms with van der Waals surface area (Å²) in [6.45, 7) is 0.705. The molecule has 0 saturated heterocycles. The van der Waals surface area contributed by atoms with Crippen molar-refractivity contribution in [2.75, 3.05) is 7.05 Å². The van der Waals surface area contributed by atoms with Gasteiger partial charge in [-0.15, -0.1) is 0 Å². The molecule has 0 aliphatic heterocycles. The zero-order chi connectivity index (χ0) is 16.1. The minimum absolute atomic E-state index is 0.258. The molecule has 23 heavy (non-hydrogen) atoms. The molecular formula is C19H27N3O. The summed E-state index contributed by atoms with van der Waals surface area (Å²) in [5.74, 6) is 0.258. The molecule has 4 nitrogen and oxygen atoms in total. The molecule has 1 saturated carbocycles. The molecule has 124 valence electrons. The van der Waals surface area contributed by atoms with Gasteiger partial charge < -0.3 is 9.47 Å². The zero-order valence-electron chi connectivity index (χ0n) is 14.1. The third-order valence-electron chi connectivity index (χ3n) is 5.11. The summed E-state index contributed by atoms with van der Waals surface area (Å²) in [6, 6.07) is 8.51. The molecule has 3 rings (SSSR count). The minimum atomic E-state index is 0.258. The first-order valence-electron chi connectivity index (χ1n) is 8.91. The van der Waals surface area contributed by atoms with Crippen molar-refractivity contribution in [3.05, 3.63) is 30.6 Å². The standard InChI is InChI=1S/C19H27N3O/c1-21(16-9-5-3-2-4-6-10-16)19(23)13-14-22-15-20-17-11-7-8-12-18(17)22/h7-8,11-12,15-16H,2-6,9-10,13-14H2,1H3. The van der Waals surface area contributed by atoms with Crippen molar-refractivity contribution in [2.45, 2.75) is 64.0 Å². The van der Waals surface area contributed by atoms with Gasteiger partial charge in [-0.2, -0.15) is 0 Å². The van der Waals surface area contributed by atoms with E-state index < -0.39 is 0 Å². The Morgan fingerprint density at radius 1 is 1.17 bits per heavy atom. The van der Waals surface area contributed by atoms with Gasteiger partial charge in [0.1, 0.15) is 0 Å². The molecule has 1 aliphatic carbocycles. The molecule has 1 aromatic heterocycles. The number of hydrogen-bond acceptors (Lipinski definition) is 2. The number of carbonyl (C=O) groups is 1. The van der Waals surface area contributed by atoms with Crippen molar-refractivity contribution < 1.29 is 4.79 Å². The molecule has 2 aromatic rings. The Balaban J connectivity index is 1.57. The second kappa shape index (κ2) is 7.62. The lowest BCUT2D eigenvalue weighted by Gasteiger charge is -2.30. The third kappa shape index (κ3) is 3.92. The summed E-state index contributed by atoms with van der Waals surface area (Å²) in [5.41, 5.74) is 2.10. The number of aromatic nitrogens is 2. The predicted molar refractivity (Wildman–Crippen MR) is 93.2 cm³/mol. The topological polar surface area (TPSA) is 38.1 Å². The van der Waals surface area contributed by atoms with Crippen molar-refractivity contribution in [3.8, 4) is 0 Å². The first-order chi connectivity index (χ1) is 11.3. The first kappa shape index (κ1) is 16.0. The van der Waals surface area contributed by atoms with Gasteiger partial charge >= 0.3 is 0 Å². The number of aryl methyl sites for hydroxylation is 1. The van der Waals surface area contributed by atoms with Crippen molar-refractivity contribution in [3.63, 3.8) is 0 Å². The number of carbonyl (C=O) groups excluding carboxylic acids is 1. The summed E-state index contributed by atoms with van der Waals surface area (Å²) in [7, 11) is 1.99. The summed E-state index contributed by atoms with van der Waals surface area (Å²) >= 11 is 0. The summed E-state index contributed by atoms with van der Waals surface area (Å²) in [4.78, 5) is 19.0. The maximum atomic E-state index is 12.6. The lowest BCUT2D eigenvalue weighted by molar-refractivity contribution is -0.132. The zero-order valence-corrected chi connectivity index (χ0v) is 14.1. The van der Waals surface area contributed by atoms with Crippen LogP contribution in [0.2, 0.25) is 0 Å². The van der Waals surface area contributed by atoms with E-state index in [1.165, 1.54) is 32.1 Å². The minimum Gasteiger partial charge on any atom is -0.343 e. The SMILES string of the molecule is CN(C(=O)CCn1cnc2ccccc21)C1CCCCCCC1. The Kier molecular flexibility index (Phi) is 5.31. The molecule has 0 bridgehead atoms. The number of rotatable bonds is 4. The molecule has 1 amide bonds. The van der Waals surface area contributed by atoms with Crippen LogP contribution in [0.3, 0.4) is 0 Å². The molecule has 0 atom stereocenters. The number of nitrogens with zero attached hydrogens (tertiary/aromatic N) is 3. The smallest absolute Gasteiger partial charge is 0.224 e. The lowest BCUT2D eigenvalue weighted by Crippen LogP contribution is -2.37. The van der Waals surface area contributed by atoms with E-state index in [2.05, 4.69) is 15.6 Å². The van der Waals surface area contributed by atoms with Gasteiger partial charge in [-0.1, -0.05) is 44.2 Å². The van der Waals surface area contributed by atoms with Gasteiger partial charge in [0.05, 0.1) is 17.4 Å². The van der Waals surface area contributed by atoms with Crippen LogP contribution in [0.15, 0.2) is 30.6 Å². The van der Waals surface area contributed by atoms with Crippen molar-refractivity contribution >= 4 is 16.9 Å². The Labute approximate surface area is 138 Å². The van der Waals surface area contributed by atoms with Gasteiger partial charge in [-0.05, 0) is 25.0 Å². The highest BCUT2D eigenvalue weighted by molar-refractivity contribution is 5.77. The lowest BCUT2D eigenvalue weighted by atomic mass is 9.95. The van der Waals surface area contributed by atoms with Crippen LogP contribution in [0.25, 0.3) is 11.0 Å². The fraction of sp³-hybridized carbons (Fsp3) is 0.579. The fourth-order valence-electron chi connectivity index (χ4n) is 3.61. The summed E-state index contributed by atoms with van der Waals surface area (Å²) in [5, 5.41) is 0. The van der Waals surface area contributed by atoms with Gasteiger partial charge in [0, 0.05) is 26.1 Å². The van der Waals surface area contributed by atoms with E-state index >= 15 is 0 Å². The molecule has 1 aromatic carbocycles. The van der Waals surface area contributed by atoms with Gasteiger partial charge in [0.25, 0.3) is 0 Å². The van der Waals surface area contributed by atoms with Gasteiger partial charge in [-0.3, -0.25) is 4.79 Å². The maximum Gasteiger partial charge on any atom is 0.224 e. The molecule has 4 heteroatoms. The van der Waals surface area contributed by atoms with Gasteiger partial charge in [0.2, 0.25) is 5.91 Å². The Morgan fingerprint density at radius 2 is 1.87 bits per heavy atom. The highest BCUT2D eigenvalue weighted by atomic mass is 16.2. The molecule has 1 heterocycles. The van der Waals surface area contributed by atoms with E-state index in [9.17, 15) is 4.79 Å². The van der Waals surface area contributed by atoms with Crippen molar-refractivity contribution in [2.24, 2.45) is 0 Å².